The topological polar surface area (TPSA) is 80.2 Å². The first kappa shape index (κ1) is 18.9. The molecular weight excluding hydrogens is 359 g/mol. The van der Waals surface area contributed by atoms with Gasteiger partial charge in [-0.15, -0.1) is 0 Å². The number of benzene rings is 3. The van der Waals surface area contributed by atoms with Crippen molar-refractivity contribution < 1.29 is 44.0 Å². The Morgan fingerprint density at radius 2 is 1.62 bits per heavy atom. The van der Waals surface area contributed by atoms with E-state index < -0.39 is 10.1 Å². The standard InChI is InChI=1S/C19H14N2O3S.Na.H/c1-12-19(13-6-3-2-4-7-13)21-17-11-15-14(10-16(17)20-12)8-5-9-18(15)25(22,23)24;;/h2-11H,1H3,(H,22,23,24);;/q;+1;-1. The Morgan fingerprint density at radius 1 is 0.923 bits per heavy atom. The van der Waals surface area contributed by atoms with Crippen molar-refractivity contribution in [3.63, 3.8) is 0 Å². The maximum atomic E-state index is 11.6. The molecule has 0 fully saturated rings. The van der Waals surface area contributed by atoms with E-state index in [9.17, 15) is 13.0 Å². The maximum absolute atomic E-state index is 11.6. The van der Waals surface area contributed by atoms with Gasteiger partial charge < -0.3 is 1.43 Å². The average molecular weight is 374 g/mol. The Labute approximate surface area is 174 Å². The van der Waals surface area contributed by atoms with Gasteiger partial charge >= 0.3 is 29.6 Å². The van der Waals surface area contributed by atoms with E-state index in [4.69, 9.17) is 0 Å². The number of aryl methyl sites for hydroxylation is 1. The third-order valence-corrected chi connectivity index (χ3v) is 5.04. The fourth-order valence-corrected chi connectivity index (χ4v) is 3.69. The monoisotopic (exact) mass is 374 g/mol. The minimum Gasteiger partial charge on any atom is -1.00 e. The van der Waals surface area contributed by atoms with Crippen LogP contribution >= 0.6 is 0 Å². The molecule has 0 atom stereocenters. The predicted molar refractivity (Wildman–Crippen MR) is 98.1 cm³/mol. The zero-order valence-corrected chi connectivity index (χ0v) is 17.2. The van der Waals surface area contributed by atoms with Gasteiger partial charge in [-0.25, -0.2) is 9.97 Å². The zero-order valence-electron chi connectivity index (χ0n) is 15.3. The summed E-state index contributed by atoms with van der Waals surface area (Å²) in [5.41, 5.74) is 3.74. The van der Waals surface area contributed by atoms with E-state index in [-0.39, 0.29) is 35.9 Å². The SMILES string of the molecule is Cc1nc2cc3cccc(S(=O)(=O)O)c3cc2nc1-c1ccccc1.[H-].[Na+]. The van der Waals surface area contributed by atoms with Crippen LogP contribution in [0.1, 0.15) is 7.12 Å². The molecule has 0 radical (unpaired) electrons. The van der Waals surface area contributed by atoms with Gasteiger partial charge in [0.2, 0.25) is 0 Å². The van der Waals surface area contributed by atoms with Gasteiger partial charge in [0.15, 0.2) is 0 Å². The summed E-state index contributed by atoms with van der Waals surface area (Å²) in [5, 5.41) is 1.11. The van der Waals surface area contributed by atoms with Gasteiger partial charge in [0.25, 0.3) is 10.1 Å². The second-order valence-electron chi connectivity index (χ2n) is 5.82. The van der Waals surface area contributed by atoms with E-state index in [0.717, 1.165) is 17.0 Å². The minimum absolute atomic E-state index is 0. The van der Waals surface area contributed by atoms with E-state index in [2.05, 4.69) is 9.97 Å². The quantitative estimate of drug-likeness (QED) is 0.323. The van der Waals surface area contributed by atoms with Crippen LogP contribution in [0.4, 0.5) is 0 Å². The van der Waals surface area contributed by atoms with Crippen LogP contribution in [-0.2, 0) is 10.1 Å². The number of hydrogen-bond acceptors (Lipinski definition) is 4. The van der Waals surface area contributed by atoms with Crippen molar-refractivity contribution in [2.24, 2.45) is 0 Å². The first-order chi connectivity index (χ1) is 11.9. The Bertz CT molecular complexity index is 1230. The molecule has 1 aromatic heterocycles. The van der Waals surface area contributed by atoms with Crippen LogP contribution in [0, 0.1) is 6.92 Å². The minimum atomic E-state index is -4.32. The molecule has 0 amide bonds. The second kappa shape index (κ2) is 7.06. The molecule has 26 heavy (non-hydrogen) atoms. The molecule has 126 valence electrons. The molecule has 0 aliphatic carbocycles. The number of hydrogen-bond donors (Lipinski definition) is 1. The van der Waals surface area contributed by atoms with Crippen LogP contribution in [0.5, 0.6) is 0 Å². The van der Waals surface area contributed by atoms with Crippen LogP contribution in [-0.4, -0.2) is 22.9 Å². The van der Waals surface area contributed by atoms with Crippen LogP contribution in [0.2, 0.25) is 0 Å². The summed E-state index contributed by atoms with van der Waals surface area (Å²) >= 11 is 0. The molecule has 0 saturated carbocycles. The molecule has 4 aromatic rings. The molecule has 0 bridgehead atoms. The van der Waals surface area contributed by atoms with Crippen molar-refractivity contribution in [1.82, 2.24) is 9.97 Å². The fourth-order valence-electron chi connectivity index (χ4n) is 2.98. The smallest absolute Gasteiger partial charge is 1.00 e. The maximum Gasteiger partial charge on any atom is 1.00 e. The largest absolute Gasteiger partial charge is 1.00 e. The molecule has 1 N–H and O–H groups in total. The van der Waals surface area contributed by atoms with Crippen LogP contribution in [0.25, 0.3) is 33.1 Å². The first-order valence-electron chi connectivity index (χ1n) is 7.67. The Kier molecular flexibility index (Phi) is 5.14. The molecule has 7 heteroatoms. The van der Waals surface area contributed by atoms with Crippen molar-refractivity contribution in [2.45, 2.75) is 11.8 Å². The third kappa shape index (κ3) is 3.39. The van der Waals surface area contributed by atoms with Gasteiger partial charge in [-0.1, -0.05) is 42.5 Å². The molecule has 0 unspecified atom stereocenters. The van der Waals surface area contributed by atoms with Crippen molar-refractivity contribution in [3.05, 3.63) is 66.4 Å². The number of aromatic nitrogens is 2. The van der Waals surface area contributed by atoms with Gasteiger partial charge in [-0.2, -0.15) is 8.42 Å². The van der Waals surface area contributed by atoms with Crippen LogP contribution < -0.4 is 29.6 Å². The number of rotatable bonds is 2. The molecule has 4 rings (SSSR count). The Hall–Kier alpha value is -1.83. The zero-order chi connectivity index (χ0) is 17.6. The van der Waals surface area contributed by atoms with Crippen molar-refractivity contribution in [1.29, 1.82) is 0 Å². The normalized spacial score (nSPS) is 11.5. The molecule has 0 spiro atoms. The molecule has 0 aliphatic rings. The van der Waals surface area contributed by atoms with Gasteiger partial charge in [0.1, 0.15) is 4.90 Å². The Morgan fingerprint density at radius 3 is 2.31 bits per heavy atom. The molecule has 1 heterocycles. The molecule has 0 saturated heterocycles. The van der Waals surface area contributed by atoms with Crippen molar-refractivity contribution >= 4 is 31.9 Å². The number of nitrogens with zero attached hydrogens (tertiary/aromatic N) is 2. The van der Waals surface area contributed by atoms with Crippen LogP contribution in [0.15, 0.2) is 65.6 Å². The summed E-state index contributed by atoms with van der Waals surface area (Å²) in [4.78, 5) is 9.17. The summed E-state index contributed by atoms with van der Waals surface area (Å²) in [6.45, 7) is 1.90. The van der Waals surface area contributed by atoms with Gasteiger partial charge in [-0.3, -0.25) is 4.55 Å². The molecular formula is C19H15N2NaO3S. The van der Waals surface area contributed by atoms with Crippen molar-refractivity contribution in [3.8, 4) is 11.3 Å². The Balaban J connectivity index is 0.00000131. The van der Waals surface area contributed by atoms with Crippen molar-refractivity contribution in [2.75, 3.05) is 0 Å². The third-order valence-electron chi connectivity index (χ3n) is 4.12. The summed E-state index contributed by atoms with van der Waals surface area (Å²) in [7, 11) is -4.32. The second-order valence-corrected chi connectivity index (χ2v) is 7.21. The average Bonchev–Trinajstić information content (AvgIpc) is 2.59. The molecule has 0 aliphatic heterocycles. The summed E-state index contributed by atoms with van der Waals surface area (Å²) in [6, 6.07) is 17.9. The van der Waals surface area contributed by atoms with Gasteiger partial charge in [-0.05, 0) is 30.5 Å². The first-order valence-corrected chi connectivity index (χ1v) is 9.11. The van der Waals surface area contributed by atoms with Gasteiger partial charge in [0.05, 0.1) is 22.4 Å². The predicted octanol–water partition coefficient (Wildman–Crippen LogP) is 1.12. The molecule has 3 aromatic carbocycles. The number of fused-ring (bicyclic) bond motifs is 2. The van der Waals surface area contributed by atoms with Crippen LogP contribution in [0.3, 0.4) is 0 Å². The van der Waals surface area contributed by atoms with E-state index in [1.807, 2.05) is 37.3 Å². The fraction of sp³-hybridized carbons (Fsp3) is 0.0526. The van der Waals surface area contributed by atoms with Gasteiger partial charge in [0, 0.05) is 10.9 Å². The summed E-state index contributed by atoms with van der Waals surface area (Å²) in [6.07, 6.45) is 0. The van der Waals surface area contributed by atoms with E-state index in [1.54, 1.807) is 24.3 Å². The molecule has 5 nitrogen and oxygen atoms in total. The van der Waals surface area contributed by atoms with E-state index >= 15 is 0 Å². The summed E-state index contributed by atoms with van der Waals surface area (Å²) < 4.78 is 32.8. The summed E-state index contributed by atoms with van der Waals surface area (Å²) in [5.74, 6) is 0. The van der Waals surface area contributed by atoms with E-state index in [1.165, 1.54) is 6.07 Å². The van der Waals surface area contributed by atoms with E-state index in [0.29, 0.717) is 21.8 Å².